The number of aryl methyl sites for hydroxylation is 1. The largest absolute Gasteiger partial charge is 0.465 e. The highest BCUT2D eigenvalue weighted by Gasteiger charge is 2.14. The van der Waals surface area contributed by atoms with E-state index in [-0.39, 0.29) is 5.97 Å². The number of methoxy groups -OCH3 is 1. The Morgan fingerprint density at radius 3 is 2.86 bits per heavy atom. The van der Waals surface area contributed by atoms with Gasteiger partial charge in [-0.15, -0.1) is 0 Å². The van der Waals surface area contributed by atoms with Gasteiger partial charge in [-0.25, -0.2) is 4.79 Å². The predicted octanol–water partition coefficient (Wildman–Crippen LogP) is 2.57. The summed E-state index contributed by atoms with van der Waals surface area (Å²) in [5.74, 6) is -0.318. The Hall–Kier alpha value is -2.69. The van der Waals surface area contributed by atoms with Gasteiger partial charge in [0.2, 0.25) is 0 Å². The van der Waals surface area contributed by atoms with Gasteiger partial charge >= 0.3 is 5.97 Å². The Balaban J connectivity index is 2.10. The van der Waals surface area contributed by atoms with Crippen LogP contribution < -0.4 is 0 Å². The van der Waals surface area contributed by atoms with E-state index < -0.39 is 0 Å². The molecule has 106 valence electrons. The first-order valence-electron chi connectivity index (χ1n) is 6.62. The van der Waals surface area contributed by atoms with E-state index in [1.165, 1.54) is 7.11 Å². The van der Waals surface area contributed by atoms with E-state index in [2.05, 4.69) is 14.5 Å². The molecule has 1 aromatic carbocycles. The van der Waals surface area contributed by atoms with Crippen molar-refractivity contribution < 1.29 is 9.53 Å². The second-order valence-corrected chi connectivity index (χ2v) is 4.81. The van der Waals surface area contributed by atoms with Crippen molar-refractivity contribution in [3.05, 3.63) is 59.8 Å². The molecular weight excluding hydrogens is 266 g/mol. The number of carbonyl (C=O) groups is 1. The van der Waals surface area contributed by atoms with Gasteiger partial charge in [-0.3, -0.25) is 9.97 Å². The number of nitrogens with zero attached hydrogens (tertiary/aromatic N) is 3. The maximum Gasteiger partial charge on any atom is 0.338 e. The zero-order valence-electron chi connectivity index (χ0n) is 11.9. The van der Waals surface area contributed by atoms with Gasteiger partial charge in [0.25, 0.3) is 0 Å². The SMILES string of the molecule is COC(=O)c1ccc2ccn(Cc3cnccn3)c2c1C. The van der Waals surface area contributed by atoms with Gasteiger partial charge in [0.05, 0.1) is 36.6 Å². The molecule has 0 N–H and O–H groups in total. The van der Waals surface area contributed by atoms with Crippen molar-refractivity contribution >= 4 is 16.9 Å². The first kappa shape index (κ1) is 13.3. The van der Waals surface area contributed by atoms with Gasteiger partial charge < -0.3 is 9.30 Å². The fraction of sp³-hybridized carbons (Fsp3) is 0.188. The maximum atomic E-state index is 11.8. The molecule has 5 nitrogen and oxygen atoms in total. The van der Waals surface area contributed by atoms with Crippen LogP contribution in [0.3, 0.4) is 0 Å². The lowest BCUT2D eigenvalue weighted by Gasteiger charge is -2.10. The summed E-state index contributed by atoms with van der Waals surface area (Å²) in [5.41, 5.74) is 3.39. The molecule has 0 aliphatic carbocycles. The molecule has 0 aliphatic rings. The summed E-state index contributed by atoms with van der Waals surface area (Å²) in [4.78, 5) is 20.2. The van der Waals surface area contributed by atoms with E-state index in [9.17, 15) is 4.79 Å². The topological polar surface area (TPSA) is 57.0 Å². The number of aromatic nitrogens is 3. The molecule has 0 bridgehead atoms. The molecule has 0 spiro atoms. The molecule has 0 atom stereocenters. The number of esters is 1. The van der Waals surface area contributed by atoms with Crippen molar-refractivity contribution in [2.75, 3.05) is 7.11 Å². The van der Waals surface area contributed by atoms with Crippen LogP contribution in [0.1, 0.15) is 21.6 Å². The molecule has 0 aliphatic heterocycles. The van der Waals surface area contributed by atoms with Crippen LogP contribution in [0, 0.1) is 6.92 Å². The Labute approximate surface area is 122 Å². The minimum absolute atomic E-state index is 0.318. The van der Waals surface area contributed by atoms with Crippen molar-refractivity contribution in [1.29, 1.82) is 0 Å². The lowest BCUT2D eigenvalue weighted by molar-refractivity contribution is 0.0600. The third-order valence-electron chi connectivity index (χ3n) is 3.54. The molecule has 0 unspecified atom stereocenters. The monoisotopic (exact) mass is 281 g/mol. The highest BCUT2D eigenvalue weighted by molar-refractivity contribution is 5.97. The third-order valence-corrected chi connectivity index (χ3v) is 3.54. The van der Waals surface area contributed by atoms with Gasteiger partial charge in [0.15, 0.2) is 0 Å². The first-order chi connectivity index (χ1) is 10.2. The van der Waals surface area contributed by atoms with Crippen molar-refractivity contribution in [2.24, 2.45) is 0 Å². The molecule has 5 heteroatoms. The number of rotatable bonds is 3. The van der Waals surface area contributed by atoms with Gasteiger partial charge in [0.1, 0.15) is 0 Å². The highest BCUT2D eigenvalue weighted by atomic mass is 16.5. The number of carbonyl (C=O) groups excluding carboxylic acids is 1. The van der Waals surface area contributed by atoms with Crippen molar-refractivity contribution in [1.82, 2.24) is 14.5 Å². The summed E-state index contributed by atoms with van der Waals surface area (Å²) in [6.07, 6.45) is 7.06. The molecule has 0 fully saturated rings. The standard InChI is InChI=1S/C16H15N3O2/c1-11-14(16(20)21-2)4-3-12-5-8-19(15(11)12)10-13-9-17-6-7-18-13/h3-9H,10H2,1-2H3. The first-order valence-corrected chi connectivity index (χ1v) is 6.62. The number of hydrogen-bond acceptors (Lipinski definition) is 4. The van der Waals surface area contributed by atoms with Crippen LogP contribution in [-0.4, -0.2) is 27.6 Å². The predicted molar refractivity (Wildman–Crippen MR) is 79.1 cm³/mol. The molecule has 2 aromatic heterocycles. The molecule has 0 saturated heterocycles. The molecule has 0 radical (unpaired) electrons. The van der Waals surface area contributed by atoms with Crippen LogP contribution in [0.5, 0.6) is 0 Å². The molecule has 3 rings (SSSR count). The Morgan fingerprint density at radius 1 is 1.29 bits per heavy atom. The van der Waals surface area contributed by atoms with Crippen LogP contribution in [-0.2, 0) is 11.3 Å². The molecular formula is C16H15N3O2. The average molecular weight is 281 g/mol. The van der Waals surface area contributed by atoms with Gasteiger partial charge in [-0.1, -0.05) is 6.07 Å². The van der Waals surface area contributed by atoms with E-state index in [1.54, 1.807) is 24.7 Å². The van der Waals surface area contributed by atoms with Gasteiger partial charge in [-0.05, 0) is 30.0 Å². The molecule has 2 heterocycles. The number of hydrogen-bond donors (Lipinski definition) is 0. The minimum atomic E-state index is -0.318. The van der Waals surface area contributed by atoms with E-state index in [4.69, 9.17) is 4.74 Å². The smallest absolute Gasteiger partial charge is 0.338 e. The van der Waals surface area contributed by atoms with Crippen LogP contribution in [0.2, 0.25) is 0 Å². The average Bonchev–Trinajstić information content (AvgIpc) is 2.92. The summed E-state index contributed by atoms with van der Waals surface area (Å²) < 4.78 is 6.90. The van der Waals surface area contributed by atoms with Crippen LogP contribution in [0.25, 0.3) is 10.9 Å². The van der Waals surface area contributed by atoms with E-state index in [0.717, 1.165) is 22.2 Å². The lowest BCUT2D eigenvalue weighted by Crippen LogP contribution is -2.06. The molecule has 3 aromatic rings. The summed E-state index contributed by atoms with van der Waals surface area (Å²) >= 11 is 0. The van der Waals surface area contributed by atoms with Crippen molar-refractivity contribution in [2.45, 2.75) is 13.5 Å². The van der Waals surface area contributed by atoms with E-state index in [1.807, 2.05) is 25.3 Å². The van der Waals surface area contributed by atoms with E-state index in [0.29, 0.717) is 12.1 Å². The Bertz CT molecular complexity index is 794. The normalized spacial score (nSPS) is 10.8. The van der Waals surface area contributed by atoms with Gasteiger partial charge in [-0.2, -0.15) is 0 Å². The minimum Gasteiger partial charge on any atom is -0.465 e. The summed E-state index contributed by atoms with van der Waals surface area (Å²) in [6, 6.07) is 5.76. The summed E-state index contributed by atoms with van der Waals surface area (Å²) in [5, 5.41) is 1.09. The number of ether oxygens (including phenoxy) is 1. The quantitative estimate of drug-likeness (QED) is 0.692. The molecule has 0 amide bonds. The lowest BCUT2D eigenvalue weighted by atomic mass is 10.1. The fourth-order valence-corrected chi connectivity index (χ4v) is 2.53. The molecule has 0 saturated carbocycles. The van der Waals surface area contributed by atoms with Crippen LogP contribution >= 0.6 is 0 Å². The number of benzene rings is 1. The van der Waals surface area contributed by atoms with E-state index >= 15 is 0 Å². The molecule has 21 heavy (non-hydrogen) atoms. The van der Waals surface area contributed by atoms with Gasteiger partial charge in [0, 0.05) is 18.6 Å². The van der Waals surface area contributed by atoms with Crippen molar-refractivity contribution in [3.63, 3.8) is 0 Å². The second kappa shape index (κ2) is 5.36. The fourth-order valence-electron chi connectivity index (χ4n) is 2.53. The second-order valence-electron chi connectivity index (χ2n) is 4.81. The zero-order valence-corrected chi connectivity index (χ0v) is 11.9. The van der Waals surface area contributed by atoms with Crippen molar-refractivity contribution in [3.8, 4) is 0 Å². The third kappa shape index (κ3) is 2.38. The van der Waals surface area contributed by atoms with Crippen LogP contribution in [0.4, 0.5) is 0 Å². The zero-order chi connectivity index (χ0) is 14.8. The maximum absolute atomic E-state index is 11.8. The Kier molecular flexibility index (Phi) is 3.39. The number of fused-ring (bicyclic) bond motifs is 1. The van der Waals surface area contributed by atoms with Crippen LogP contribution in [0.15, 0.2) is 43.0 Å². The Morgan fingerprint density at radius 2 is 2.14 bits per heavy atom. The highest BCUT2D eigenvalue weighted by Crippen LogP contribution is 2.24. The summed E-state index contributed by atoms with van der Waals surface area (Å²) in [7, 11) is 1.39. The summed E-state index contributed by atoms with van der Waals surface area (Å²) in [6.45, 7) is 2.55.